The van der Waals surface area contributed by atoms with Crippen molar-refractivity contribution in [2.24, 2.45) is 17.8 Å². The molecule has 4 rings (SSSR count). The second-order valence-electron chi connectivity index (χ2n) is 5.67. The Bertz CT molecular complexity index is 489. The predicted molar refractivity (Wildman–Crippen MR) is 64.5 cm³/mol. The molecule has 2 bridgehead atoms. The van der Waals surface area contributed by atoms with Crippen LogP contribution in [0.3, 0.4) is 0 Å². The van der Waals surface area contributed by atoms with Gasteiger partial charge in [0.2, 0.25) is 5.91 Å². The molecule has 0 radical (unpaired) electrons. The third kappa shape index (κ3) is 1.43. The number of rotatable bonds is 2. The highest BCUT2D eigenvalue weighted by Crippen LogP contribution is 2.44. The summed E-state index contributed by atoms with van der Waals surface area (Å²) in [5.41, 5.74) is 0. The summed E-state index contributed by atoms with van der Waals surface area (Å²) in [5, 5.41) is 7.79. The summed E-state index contributed by atoms with van der Waals surface area (Å²) in [6, 6.07) is 0.325. The van der Waals surface area contributed by atoms with Gasteiger partial charge in [-0.05, 0) is 24.7 Å². The molecule has 0 N–H and O–H groups in total. The first-order chi connectivity index (χ1) is 8.81. The van der Waals surface area contributed by atoms with E-state index in [0.29, 0.717) is 23.8 Å². The van der Waals surface area contributed by atoms with Crippen LogP contribution in [0.2, 0.25) is 0 Å². The number of aromatic nitrogens is 3. The molecule has 3 aliphatic rings. The minimum Gasteiger partial charge on any atom is -0.338 e. The molecule has 0 aromatic carbocycles. The number of hydrogen-bond donors (Lipinski definition) is 0. The Kier molecular flexibility index (Phi) is 2.10. The van der Waals surface area contributed by atoms with Crippen molar-refractivity contribution in [3.05, 3.63) is 24.5 Å². The Balaban J connectivity index is 1.39. The molecular weight excluding hydrogens is 228 g/mol. The molecular formula is C13H16N4O. The fourth-order valence-electron chi connectivity index (χ4n) is 3.51. The van der Waals surface area contributed by atoms with Crippen LogP contribution < -0.4 is 0 Å². The second-order valence-corrected chi connectivity index (χ2v) is 5.67. The standard InChI is InChI=1S/C13H16N4O/c18-13(12-6-9-1-2-10(12)5-9)16-7-11(8-16)17-4-3-14-15-17/h1-4,9-12H,5-8H2. The van der Waals surface area contributed by atoms with E-state index in [9.17, 15) is 4.79 Å². The first kappa shape index (κ1) is 10.3. The Labute approximate surface area is 105 Å². The van der Waals surface area contributed by atoms with Gasteiger partial charge in [0.1, 0.15) is 0 Å². The molecule has 1 saturated carbocycles. The van der Waals surface area contributed by atoms with Crippen LogP contribution in [0.15, 0.2) is 24.5 Å². The second kappa shape index (κ2) is 3.67. The third-order valence-corrected chi connectivity index (χ3v) is 4.59. The van der Waals surface area contributed by atoms with Crippen molar-refractivity contribution in [2.45, 2.75) is 18.9 Å². The van der Waals surface area contributed by atoms with E-state index in [4.69, 9.17) is 0 Å². The first-order valence-corrected chi connectivity index (χ1v) is 6.64. The highest BCUT2D eigenvalue weighted by Gasteiger charge is 2.44. The van der Waals surface area contributed by atoms with E-state index in [1.165, 1.54) is 6.42 Å². The Morgan fingerprint density at radius 3 is 2.72 bits per heavy atom. The van der Waals surface area contributed by atoms with E-state index < -0.39 is 0 Å². The lowest BCUT2D eigenvalue weighted by Crippen LogP contribution is -2.53. The fourth-order valence-corrected chi connectivity index (χ4v) is 3.51. The van der Waals surface area contributed by atoms with Crippen molar-refractivity contribution in [3.63, 3.8) is 0 Å². The van der Waals surface area contributed by atoms with E-state index in [2.05, 4.69) is 22.5 Å². The number of fused-ring (bicyclic) bond motifs is 2. The number of carbonyl (C=O) groups excluding carboxylic acids is 1. The zero-order valence-corrected chi connectivity index (χ0v) is 10.1. The normalized spacial score (nSPS) is 34.0. The number of allylic oxidation sites excluding steroid dienone is 2. The SMILES string of the molecule is O=C(C1CC2C=CC1C2)N1CC(n2ccnn2)C1. The number of nitrogens with zero attached hydrogens (tertiary/aromatic N) is 4. The summed E-state index contributed by atoms with van der Waals surface area (Å²) >= 11 is 0. The van der Waals surface area contributed by atoms with Crippen LogP contribution in [-0.4, -0.2) is 38.9 Å². The van der Waals surface area contributed by atoms with Gasteiger partial charge >= 0.3 is 0 Å². The topological polar surface area (TPSA) is 51.0 Å². The Morgan fingerprint density at radius 2 is 2.11 bits per heavy atom. The smallest absolute Gasteiger partial charge is 0.226 e. The zero-order valence-electron chi connectivity index (χ0n) is 10.1. The summed E-state index contributed by atoms with van der Waals surface area (Å²) < 4.78 is 1.85. The average Bonchev–Trinajstić information content (AvgIpc) is 3.03. The summed E-state index contributed by atoms with van der Waals surface area (Å²) in [6.07, 6.45) is 10.3. The van der Waals surface area contributed by atoms with Crippen molar-refractivity contribution in [3.8, 4) is 0 Å². The summed E-state index contributed by atoms with van der Waals surface area (Å²) in [7, 11) is 0. The van der Waals surface area contributed by atoms with Crippen LogP contribution >= 0.6 is 0 Å². The highest BCUT2D eigenvalue weighted by atomic mass is 16.2. The van der Waals surface area contributed by atoms with E-state index in [0.717, 1.165) is 19.5 Å². The van der Waals surface area contributed by atoms with Gasteiger partial charge in [0, 0.05) is 25.2 Å². The Hall–Kier alpha value is -1.65. The van der Waals surface area contributed by atoms with Crippen molar-refractivity contribution < 1.29 is 4.79 Å². The van der Waals surface area contributed by atoms with Crippen LogP contribution in [-0.2, 0) is 4.79 Å². The van der Waals surface area contributed by atoms with Crippen LogP contribution in [0.5, 0.6) is 0 Å². The molecule has 2 heterocycles. The molecule has 1 amide bonds. The van der Waals surface area contributed by atoms with Gasteiger partial charge in [-0.15, -0.1) is 5.10 Å². The van der Waals surface area contributed by atoms with E-state index >= 15 is 0 Å². The van der Waals surface area contributed by atoms with Gasteiger partial charge < -0.3 is 4.90 Å². The number of likely N-dealkylation sites (tertiary alicyclic amines) is 1. The third-order valence-electron chi connectivity index (χ3n) is 4.59. The zero-order chi connectivity index (χ0) is 12.1. The molecule has 94 valence electrons. The lowest BCUT2D eigenvalue weighted by molar-refractivity contribution is -0.142. The predicted octanol–water partition coefficient (Wildman–Crippen LogP) is 0.874. The first-order valence-electron chi connectivity index (χ1n) is 6.64. The molecule has 2 fully saturated rings. The molecule has 3 unspecified atom stereocenters. The summed E-state index contributed by atoms with van der Waals surface area (Å²) in [5.74, 6) is 1.77. The van der Waals surface area contributed by atoms with Crippen molar-refractivity contribution >= 4 is 5.91 Å². The quantitative estimate of drug-likeness (QED) is 0.725. The van der Waals surface area contributed by atoms with Gasteiger partial charge in [0.05, 0.1) is 12.2 Å². The Morgan fingerprint density at radius 1 is 1.22 bits per heavy atom. The van der Waals surface area contributed by atoms with Gasteiger partial charge in [-0.2, -0.15) is 0 Å². The number of amides is 1. The molecule has 1 saturated heterocycles. The molecule has 2 aliphatic carbocycles. The molecule has 18 heavy (non-hydrogen) atoms. The van der Waals surface area contributed by atoms with Crippen LogP contribution in [0.25, 0.3) is 0 Å². The maximum Gasteiger partial charge on any atom is 0.226 e. The van der Waals surface area contributed by atoms with Crippen LogP contribution in [0.4, 0.5) is 0 Å². The minimum atomic E-state index is 0.247. The van der Waals surface area contributed by atoms with Gasteiger partial charge in [0.15, 0.2) is 0 Å². The molecule has 3 atom stereocenters. The lowest BCUT2D eigenvalue weighted by atomic mass is 9.91. The monoisotopic (exact) mass is 244 g/mol. The van der Waals surface area contributed by atoms with Crippen LogP contribution in [0, 0.1) is 17.8 Å². The highest BCUT2D eigenvalue weighted by molar-refractivity contribution is 5.81. The summed E-state index contributed by atoms with van der Waals surface area (Å²) in [4.78, 5) is 14.4. The largest absolute Gasteiger partial charge is 0.338 e. The van der Waals surface area contributed by atoms with Crippen molar-refractivity contribution in [1.82, 2.24) is 19.9 Å². The van der Waals surface area contributed by atoms with E-state index in [1.54, 1.807) is 6.20 Å². The average molecular weight is 244 g/mol. The summed E-state index contributed by atoms with van der Waals surface area (Å²) in [6.45, 7) is 1.58. The van der Waals surface area contributed by atoms with E-state index in [-0.39, 0.29) is 5.92 Å². The molecule has 1 aromatic rings. The minimum absolute atomic E-state index is 0.247. The van der Waals surface area contributed by atoms with Crippen molar-refractivity contribution in [1.29, 1.82) is 0 Å². The molecule has 1 aromatic heterocycles. The number of carbonyl (C=O) groups is 1. The van der Waals surface area contributed by atoms with Gasteiger partial charge in [0.25, 0.3) is 0 Å². The molecule has 0 spiro atoms. The molecule has 5 heteroatoms. The van der Waals surface area contributed by atoms with Crippen LogP contribution in [0.1, 0.15) is 18.9 Å². The fraction of sp³-hybridized carbons (Fsp3) is 0.615. The molecule has 5 nitrogen and oxygen atoms in total. The number of hydrogen-bond acceptors (Lipinski definition) is 3. The molecule has 1 aliphatic heterocycles. The maximum absolute atomic E-state index is 12.4. The van der Waals surface area contributed by atoms with Gasteiger partial charge in [-0.3, -0.25) is 4.79 Å². The lowest BCUT2D eigenvalue weighted by Gasteiger charge is -2.41. The van der Waals surface area contributed by atoms with Gasteiger partial charge in [-0.1, -0.05) is 17.4 Å². The van der Waals surface area contributed by atoms with Gasteiger partial charge in [-0.25, -0.2) is 4.68 Å². The van der Waals surface area contributed by atoms with Crippen molar-refractivity contribution in [2.75, 3.05) is 13.1 Å². The maximum atomic E-state index is 12.4. The van der Waals surface area contributed by atoms with E-state index in [1.807, 2.05) is 15.8 Å².